The SMILES string of the molecule is O=C(O)[C@@H]1Cc2ccccc2CN1CCCCCCO. The molecule has 0 radical (unpaired) electrons. The van der Waals surface area contributed by atoms with E-state index in [0.29, 0.717) is 6.42 Å². The number of carboxylic acids is 1. The molecule has 1 aliphatic rings. The van der Waals surface area contributed by atoms with E-state index in [1.54, 1.807) is 0 Å². The largest absolute Gasteiger partial charge is 0.480 e. The molecular weight excluding hydrogens is 254 g/mol. The molecular formula is C16H23NO3. The van der Waals surface area contributed by atoms with Gasteiger partial charge in [-0.25, -0.2) is 0 Å². The fourth-order valence-electron chi connectivity index (χ4n) is 2.84. The maximum Gasteiger partial charge on any atom is 0.321 e. The Balaban J connectivity index is 1.94. The number of benzene rings is 1. The quantitative estimate of drug-likeness (QED) is 0.749. The number of carboxylic acid groups (broad SMARTS) is 1. The molecule has 1 aliphatic heterocycles. The van der Waals surface area contributed by atoms with Gasteiger partial charge >= 0.3 is 5.97 Å². The highest BCUT2D eigenvalue weighted by Gasteiger charge is 2.30. The van der Waals surface area contributed by atoms with E-state index in [9.17, 15) is 9.90 Å². The Labute approximate surface area is 120 Å². The lowest BCUT2D eigenvalue weighted by atomic mass is 9.93. The van der Waals surface area contributed by atoms with Crippen molar-refractivity contribution in [2.24, 2.45) is 0 Å². The summed E-state index contributed by atoms with van der Waals surface area (Å²) in [6, 6.07) is 7.71. The lowest BCUT2D eigenvalue weighted by Crippen LogP contribution is -2.45. The van der Waals surface area contributed by atoms with Crippen LogP contribution in [0.15, 0.2) is 24.3 Å². The van der Waals surface area contributed by atoms with Gasteiger partial charge < -0.3 is 10.2 Å². The summed E-state index contributed by atoms with van der Waals surface area (Å²) in [5.74, 6) is -0.727. The predicted octanol–water partition coefficient (Wildman–Crippen LogP) is 2.05. The molecule has 0 unspecified atom stereocenters. The van der Waals surface area contributed by atoms with Gasteiger partial charge in [0.1, 0.15) is 6.04 Å². The molecule has 4 heteroatoms. The molecule has 0 fully saturated rings. The molecule has 0 aromatic heterocycles. The van der Waals surface area contributed by atoms with Crippen LogP contribution in [0.5, 0.6) is 0 Å². The zero-order valence-corrected chi connectivity index (χ0v) is 11.8. The number of fused-ring (bicyclic) bond motifs is 1. The fraction of sp³-hybridized carbons (Fsp3) is 0.562. The Morgan fingerprint density at radius 2 is 1.85 bits per heavy atom. The van der Waals surface area contributed by atoms with Crippen molar-refractivity contribution in [3.8, 4) is 0 Å². The molecule has 0 aliphatic carbocycles. The third-order valence-corrected chi connectivity index (χ3v) is 3.98. The molecule has 110 valence electrons. The number of nitrogens with zero attached hydrogens (tertiary/aromatic N) is 1. The van der Waals surface area contributed by atoms with Crippen LogP contribution in [-0.2, 0) is 17.8 Å². The minimum absolute atomic E-state index is 0.245. The van der Waals surface area contributed by atoms with Crippen LogP contribution in [0.4, 0.5) is 0 Å². The van der Waals surface area contributed by atoms with E-state index in [-0.39, 0.29) is 6.61 Å². The molecule has 0 saturated heterocycles. The zero-order chi connectivity index (χ0) is 14.4. The minimum atomic E-state index is -0.727. The first-order valence-electron chi connectivity index (χ1n) is 7.37. The van der Waals surface area contributed by atoms with Gasteiger partial charge in [0.05, 0.1) is 0 Å². The highest BCUT2D eigenvalue weighted by atomic mass is 16.4. The second-order valence-electron chi connectivity index (χ2n) is 5.44. The van der Waals surface area contributed by atoms with E-state index in [1.807, 2.05) is 18.2 Å². The van der Waals surface area contributed by atoms with Gasteiger partial charge in [0.15, 0.2) is 0 Å². The average Bonchev–Trinajstić information content (AvgIpc) is 2.46. The number of carbonyl (C=O) groups is 1. The number of unbranched alkanes of at least 4 members (excludes halogenated alkanes) is 3. The smallest absolute Gasteiger partial charge is 0.321 e. The van der Waals surface area contributed by atoms with Crippen molar-refractivity contribution in [2.45, 2.75) is 44.7 Å². The summed E-state index contributed by atoms with van der Waals surface area (Å²) in [7, 11) is 0. The van der Waals surface area contributed by atoms with Crippen molar-refractivity contribution in [1.82, 2.24) is 4.90 Å². The van der Waals surface area contributed by atoms with Gasteiger partial charge in [-0.15, -0.1) is 0 Å². The molecule has 1 atom stereocenters. The number of aliphatic carboxylic acids is 1. The lowest BCUT2D eigenvalue weighted by molar-refractivity contribution is -0.144. The minimum Gasteiger partial charge on any atom is -0.480 e. The van der Waals surface area contributed by atoms with Crippen LogP contribution in [-0.4, -0.2) is 40.3 Å². The summed E-state index contributed by atoms with van der Waals surface area (Å²) in [6.07, 6.45) is 4.49. The Morgan fingerprint density at radius 1 is 1.15 bits per heavy atom. The topological polar surface area (TPSA) is 60.8 Å². The van der Waals surface area contributed by atoms with Crippen LogP contribution in [0.25, 0.3) is 0 Å². The second kappa shape index (κ2) is 7.41. The zero-order valence-electron chi connectivity index (χ0n) is 11.8. The summed E-state index contributed by atoms with van der Waals surface area (Å²) >= 11 is 0. The first kappa shape index (κ1) is 15.0. The third kappa shape index (κ3) is 3.81. The first-order valence-corrected chi connectivity index (χ1v) is 7.37. The van der Waals surface area contributed by atoms with Crippen LogP contribution >= 0.6 is 0 Å². The molecule has 0 bridgehead atoms. The molecule has 2 rings (SSSR count). The number of aliphatic hydroxyl groups excluding tert-OH is 1. The van der Waals surface area contributed by atoms with Crippen molar-refractivity contribution in [3.05, 3.63) is 35.4 Å². The van der Waals surface area contributed by atoms with E-state index in [2.05, 4.69) is 11.0 Å². The summed E-state index contributed by atoms with van der Waals surface area (Å²) in [5, 5.41) is 18.2. The maximum absolute atomic E-state index is 11.4. The molecule has 20 heavy (non-hydrogen) atoms. The van der Waals surface area contributed by atoms with Crippen LogP contribution in [0.2, 0.25) is 0 Å². The molecule has 1 aromatic rings. The summed E-state index contributed by atoms with van der Waals surface area (Å²) in [6.45, 7) is 1.79. The molecule has 0 amide bonds. The molecule has 2 N–H and O–H groups in total. The van der Waals surface area contributed by atoms with E-state index < -0.39 is 12.0 Å². The van der Waals surface area contributed by atoms with Crippen molar-refractivity contribution in [2.75, 3.05) is 13.2 Å². The van der Waals surface area contributed by atoms with Crippen LogP contribution in [0.3, 0.4) is 0 Å². The molecule has 1 aromatic carbocycles. The highest BCUT2D eigenvalue weighted by molar-refractivity contribution is 5.74. The number of aliphatic hydroxyl groups is 1. The van der Waals surface area contributed by atoms with Crippen LogP contribution in [0, 0.1) is 0 Å². The van der Waals surface area contributed by atoms with Crippen molar-refractivity contribution in [3.63, 3.8) is 0 Å². The van der Waals surface area contributed by atoms with Gasteiger partial charge in [0.25, 0.3) is 0 Å². The van der Waals surface area contributed by atoms with Crippen LogP contribution in [0.1, 0.15) is 36.8 Å². The van der Waals surface area contributed by atoms with Crippen LogP contribution < -0.4 is 0 Å². The van der Waals surface area contributed by atoms with Gasteiger partial charge in [-0.05, 0) is 36.9 Å². The average molecular weight is 277 g/mol. The van der Waals surface area contributed by atoms with Gasteiger partial charge in [-0.2, -0.15) is 0 Å². The van der Waals surface area contributed by atoms with E-state index in [0.717, 1.165) is 44.3 Å². The summed E-state index contributed by atoms with van der Waals surface area (Å²) in [4.78, 5) is 13.5. The third-order valence-electron chi connectivity index (χ3n) is 3.98. The van der Waals surface area contributed by atoms with E-state index in [4.69, 9.17) is 5.11 Å². The first-order chi connectivity index (χ1) is 9.72. The van der Waals surface area contributed by atoms with Crippen molar-refractivity contribution in [1.29, 1.82) is 0 Å². The Bertz CT molecular complexity index is 447. The molecule has 0 saturated carbocycles. The second-order valence-corrected chi connectivity index (χ2v) is 5.44. The Kier molecular flexibility index (Phi) is 5.56. The van der Waals surface area contributed by atoms with Gasteiger partial charge in [0, 0.05) is 13.2 Å². The standard InChI is InChI=1S/C16H23NO3/c18-10-6-2-1-5-9-17-12-14-8-4-3-7-13(14)11-15(17)16(19)20/h3-4,7-8,15,18H,1-2,5-6,9-12H2,(H,19,20)/t15-/m0/s1. The summed E-state index contributed by atoms with van der Waals surface area (Å²) in [5.41, 5.74) is 2.41. The van der Waals surface area contributed by atoms with Crippen molar-refractivity contribution >= 4 is 5.97 Å². The number of rotatable bonds is 7. The van der Waals surface area contributed by atoms with Gasteiger partial charge in [0.2, 0.25) is 0 Å². The van der Waals surface area contributed by atoms with Gasteiger partial charge in [-0.1, -0.05) is 37.1 Å². The highest BCUT2D eigenvalue weighted by Crippen LogP contribution is 2.23. The van der Waals surface area contributed by atoms with Crippen molar-refractivity contribution < 1.29 is 15.0 Å². The Hall–Kier alpha value is -1.39. The van der Waals surface area contributed by atoms with E-state index >= 15 is 0 Å². The van der Waals surface area contributed by atoms with Gasteiger partial charge in [-0.3, -0.25) is 9.69 Å². The summed E-state index contributed by atoms with van der Waals surface area (Å²) < 4.78 is 0. The van der Waals surface area contributed by atoms with E-state index in [1.165, 1.54) is 5.56 Å². The normalized spacial score (nSPS) is 18.8. The monoisotopic (exact) mass is 277 g/mol. The molecule has 0 spiro atoms. The number of hydrogen-bond donors (Lipinski definition) is 2. The number of hydrogen-bond acceptors (Lipinski definition) is 3. The molecule has 1 heterocycles. The predicted molar refractivity (Wildman–Crippen MR) is 77.5 cm³/mol. The fourth-order valence-corrected chi connectivity index (χ4v) is 2.84. The maximum atomic E-state index is 11.4. The Morgan fingerprint density at radius 3 is 2.55 bits per heavy atom. The molecule has 4 nitrogen and oxygen atoms in total. The lowest BCUT2D eigenvalue weighted by Gasteiger charge is -2.34.